The number of hydrogen-bond acceptors (Lipinski definition) is 11. The Morgan fingerprint density at radius 1 is 1.18 bits per heavy atom. The highest BCUT2D eigenvalue weighted by molar-refractivity contribution is 9.09. The summed E-state index contributed by atoms with van der Waals surface area (Å²) in [6.45, 7) is 6.18. The van der Waals surface area contributed by atoms with Crippen molar-refractivity contribution in [2.45, 2.75) is 18.2 Å². The van der Waals surface area contributed by atoms with Gasteiger partial charge in [0.15, 0.2) is 9.84 Å². The van der Waals surface area contributed by atoms with Crippen LogP contribution in [0.3, 0.4) is 0 Å². The molecule has 1 heterocycles. The number of carbonyl (C=O) groups excluding carboxylic acids is 1. The van der Waals surface area contributed by atoms with Crippen LogP contribution in [0.2, 0.25) is 0 Å². The number of benzene rings is 1. The number of likely N-dealkylation sites (N-methyl/N-ethyl adjacent to an activating group) is 1. The summed E-state index contributed by atoms with van der Waals surface area (Å²) >= 11 is 3.29. The summed E-state index contributed by atoms with van der Waals surface area (Å²) in [6.07, 6.45) is 1.55. The molecule has 1 aliphatic heterocycles. The summed E-state index contributed by atoms with van der Waals surface area (Å²) in [5.41, 5.74) is -0.830. The van der Waals surface area contributed by atoms with Gasteiger partial charge in [0, 0.05) is 57.2 Å². The van der Waals surface area contributed by atoms with Crippen molar-refractivity contribution in [3.05, 3.63) is 27.8 Å². The first-order valence-corrected chi connectivity index (χ1v) is 16.8. The zero-order valence-electron chi connectivity index (χ0n) is 21.9. The minimum absolute atomic E-state index is 0.0329. The van der Waals surface area contributed by atoms with Crippen LogP contribution in [-0.2, 0) is 24.1 Å². The van der Waals surface area contributed by atoms with Crippen LogP contribution in [0.1, 0.15) is 23.7 Å². The van der Waals surface area contributed by atoms with Gasteiger partial charge in [-0.3, -0.25) is 19.1 Å². The Kier molecular flexibility index (Phi) is 12.4. The summed E-state index contributed by atoms with van der Waals surface area (Å²) in [7, 11) is -5.62. The predicted octanol–water partition coefficient (Wildman–Crippen LogP) is 0.933. The van der Waals surface area contributed by atoms with Gasteiger partial charge in [-0.25, -0.2) is 8.42 Å². The van der Waals surface area contributed by atoms with Crippen molar-refractivity contribution in [1.29, 1.82) is 0 Å². The molecule has 1 fully saturated rings. The molecule has 2 rings (SSSR count). The minimum Gasteiger partial charge on any atom is -0.367 e. The van der Waals surface area contributed by atoms with Gasteiger partial charge < -0.3 is 20.0 Å². The maximum absolute atomic E-state index is 13.1. The molecule has 1 saturated heterocycles. The van der Waals surface area contributed by atoms with Crippen LogP contribution in [0.25, 0.3) is 0 Å². The van der Waals surface area contributed by atoms with Crippen molar-refractivity contribution in [2.24, 2.45) is 0 Å². The Morgan fingerprint density at radius 2 is 1.84 bits per heavy atom. The van der Waals surface area contributed by atoms with Crippen molar-refractivity contribution < 1.29 is 30.7 Å². The number of carbonyl (C=O) groups is 1. The number of nitro benzene ring substituents is 1. The lowest BCUT2D eigenvalue weighted by Gasteiger charge is -2.32. The molecule has 38 heavy (non-hydrogen) atoms. The standard InChI is InChI=1S/C22H36BrN5O8S2/c1-4-38(34,35)21-17-19(28(30)31)18(16-20(21)27(9-6-23)14-15-36-37(3,32)33)22(29)24-7-5-8-26-12-10-25(2)11-13-26/h16-17H,4-15H2,1-3H3,(H,24,29). The van der Waals surface area contributed by atoms with Crippen LogP contribution in [-0.4, -0.2) is 121 Å². The summed E-state index contributed by atoms with van der Waals surface area (Å²) in [6, 6.07) is 2.10. The maximum Gasteiger partial charge on any atom is 0.283 e. The highest BCUT2D eigenvalue weighted by Gasteiger charge is 2.30. The molecule has 1 N–H and O–H groups in total. The summed E-state index contributed by atoms with van der Waals surface area (Å²) in [5.74, 6) is -1.01. The third kappa shape index (κ3) is 9.72. The molecule has 1 aromatic carbocycles. The van der Waals surface area contributed by atoms with Gasteiger partial charge in [0.25, 0.3) is 21.7 Å². The van der Waals surface area contributed by atoms with Crippen LogP contribution >= 0.6 is 15.9 Å². The molecule has 0 atom stereocenters. The van der Waals surface area contributed by atoms with E-state index in [9.17, 15) is 31.7 Å². The van der Waals surface area contributed by atoms with E-state index < -0.39 is 36.5 Å². The highest BCUT2D eigenvalue weighted by Crippen LogP contribution is 2.34. The zero-order chi connectivity index (χ0) is 28.5. The van der Waals surface area contributed by atoms with Crippen LogP contribution in [0.15, 0.2) is 17.0 Å². The van der Waals surface area contributed by atoms with Crippen molar-refractivity contribution in [2.75, 3.05) is 88.3 Å². The number of sulfone groups is 1. The molecular weight excluding hydrogens is 606 g/mol. The van der Waals surface area contributed by atoms with E-state index in [-0.39, 0.29) is 41.6 Å². The van der Waals surface area contributed by atoms with Gasteiger partial charge in [-0.05, 0) is 26.1 Å². The third-order valence-electron chi connectivity index (χ3n) is 6.12. The van der Waals surface area contributed by atoms with E-state index in [2.05, 4.69) is 38.1 Å². The van der Waals surface area contributed by atoms with Gasteiger partial charge in [-0.2, -0.15) is 8.42 Å². The van der Waals surface area contributed by atoms with Gasteiger partial charge in [0.1, 0.15) is 5.56 Å². The second-order valence-electron chi connectivity index (χ2n) is 8.95. The number of hydrogen-bond donors (Lipinski definition) is 1. The van der Waals surface area contributed by atoms with Crippen molar-refractivity contribution >= 4 is 53.2 Å². The number of nitro groups is 1. The van der Waals surface area contributed by atoms with Crippen LogP contribution < -0.4 is 10.2 Å². The molecule has 0 aliphatic carbocycles. The first-order chi connectivity index (χ1) is 17.8. The Morgan fingerprint density at radius 3 is 2.39 bits per heavy atom. The molecule has 1 aromatic rings. The zero-order valence-corrected chi connectivity index (χ0v) is 25.1. The molecule has 0 spiro atoms. The van der Waals surface area contributed by atoms with Crippen molar-refractivity contribution in [1.82, 2.24) is 15.1 Å². The van der Waals surface area contributed by atoms with E-state index >= 15 is 0 Å². The van der Waals surface area contributed by atoms with E-state index in [0.717, 1.165) is 45.0 Å². The second-order valence-corrected chi connectivity index (χ2v) is 13.6. The number of nitrogens with one attached hydrogen (secondary N) is 1. The average Bonchev–Trinajstić information content (AvgIpc) is 2.85. The number of halogens is 1. The molecule has 0 saturated carbocycles. The Balaban J connectivity index is 2.34. The number of amides is 1. The molecule has 216 valence electrons. The van der Waals surface area contributed by atoms with E-state index in [1.54, 1.807) is 0 Å². The molecule has 1 aliphatic rings. The van der Waals surface area contributed by atoms with E-state index in [1.165, 1.54) is 17.9 Å². The quantitative estimate of drug-likeness (QED) is 0.0954. The molecule has 0 unspecified atom stereocenters. The number of piperazine rings is 1. The lowest BCUT2D eigenvalue weighted by molar-refractivity contribution is -0.385. The molecule has 1 amide bonds. The summed E-state index contributed by atoms with van der Waals surface area (Å²) in [5, 5.41) is 14.9. The summed E-state index contributed by atoms with van der Waals surface area (Å²) in [4.78, 5) is 29.9. The minimum atomic E-state index is -3.94. The maximum atomic E-state index is 13.1. The predicted molar refractivity (Wildman–Crippen MR) is 149 cm³/mol. The molecular formula is C22H36BrN5O8S2. The topological polar surface area (TPSA) is 159 Å². The molecule has 0 bridgehead atoms. The fourth-order valence-electron chi connectivity index (χ4n) is 3.97. The van der Waals surface area contributed by atoms with E-state index in [1.807, 2.05) is 0 Å². The summed E-state index contributed by atoms with van der Waals surface area (Å²) < 4.78 is 53.4. The van der Waals surface area contributed by atoms with E-state index in [4.69, 9.17) is 4.18 Å². The largest absolute Gasteiger partial charge is 0.367 e. The fourth-order valence-corrected chi connectivity index (χ4v) is 5.88. The molecule has 16 heteroatoms. The van der Waals surface area contributed by atoms with Crippen LogP contribution in [0.5, 0.6) is 0 Å². The SMILES string of the molecule is CCS(=O)(=O)c1cc([N+](=O)[O-])c(C(=O)NCCCN2CCN(C)CC2)cc1N(CCBr)CCOS(C)(=O)=O. The monoisotopic (exact) mass is 641 g/mol. The van der Waals surface area contributed by atoms with Crippen LogP contribution in [0.4, 0.5) is 11.4 Å². The number of alkyl halides is 1. The van der Waals surface area contributed by atoms with Crippen molar-refractivity contribution in [3.8, 4) is 0 Å². The first kappa shape index (κ1) is 32.4. The van der Waals surface area contributed by atoms with Crippen molar-refractivity contribution in [3.63, 3.8) is 0 Å². The van der Waals surface area contributed by atoms with E-state index in [0.29, 0.717) is 18.3 Å². The van der Waals surface area contributed by atoms with Gasteiger partial charge in [-0.1, -0.05) is 22.9 Å². The van der Waals surface area contributed by atoms with Gasteiger partial charge in [-0.15, -0.1) is 0 Å². The van der Waals surface area contributed by atoms with Gasteiger partial charge >= 0.3 is 0 Å². The lowest BCUT2D eigenvalue weighted by atomic mass is 10.1. The first-order valence-electron chi connectivity index (χ1n) is 12.2. The number of nitrogens with zero attached hydrogens (tertiary/aromatic N) is 4. The number of anilines is 1. The Bertz CT molecular complexity index is 1190. The van der Waals surface area contributed by atoms with Crippen LogP contribution in [0, 0.1) is 10.1 Å². The number of rotatable bonds is 15. The normalized spacial score (nSPS) is 15.4. The third-order valence-corrected chi connectivity index (χ3v) is 8.83. The lowest BCUT2D eigenvalue weighted by Crippen LogP contribution is -2.45. The fraction of sp³-hybridized carbons (Fsp3) is 0.682. The Hall–Kier alpha value is -1.85. The highest BCUT2D eigenvalue weighted by atomic mass is 79.9. The molecule has 0 radical (unpaired) electrons. The molecule has 13 nitrogen and oxygen atoms in total. The smallest absolute Gasteiger partial charge is 0.283 e. The van der Waals surface area contributed by atoms with Gasteiger partial charge in [0.2, 0.25) is 0 Å². The average molecular weight is 643 g/mol. The van der Waals surface area contributed by atoms with Gasteiger partial charge in [0.05, 0.1) is 34.1 Å². The second kappa shape index (κ2) is 14.5. The Labute approximate surface area is 232 Å². The molecule has 0 aromatic heterocycles.